The lowest BCUT2D eigenvalue weighted by Crippen LogP contribution is -2.48. The molecule has 125 heavy (non-hydrogen) atoms. The number of imidazole rings is 2. The van der Waals surface area contributed by atoms with Gasteiger partial charge in [-0.25, -0.2) is 18.4 Å². The predicted molar refractivity (Wildman–Crippen MR) is 455 cm³/mol. The van der Waals surface area contributed by atoms with Crippen LogP contribution in [-0.4, -0.2) is 229 Å². The molecule has 684 valence electrons. The number of ether oxygens (including phenoxy) is 2. The van der Waals surface area contributed by atoms with E-state index in [0.717, 1.165) is 41.2 Å². The first-order chi connectivity index (χ1) is 59.1. The Bertz CT molecular complexity index is 4780. The first-order valence-corrected chi connectivity index (χ1v) is 44.0. The third kappa shape index (κ3) is 35.1. The van der Waals surface area contributed by atoms with E-state index >= 15 is 0 Å². The molecular weight excluding hydrogens is 1660 g/mol. The number of carbonyl (C=O) groups is 13. The molecule has 0 unspecified atom stereocenters. The molecule has 9 atom stereocenters. The van der Waals surface area contributed by atoms with Crippen LogP contribution in [0.25, 0.3) is 0 Å². The average molecular weight is 1780 g/mol. The highest BCUT2D eigenvalue weighted by molar-refractivity contribution is 7.85. The van der Waals surface area contributed by atoms with E-state index < -0.39 is 190 Å². The van der Waals surface area contributed by atoms with Crippen molar-refractivity contribution in [2.75, 3.05) is 57.5 Å². The Kier molecular flexibility index (Phi) is 43.5. The van der Waals surface area contributed by atoms with Gasteiger partial charge in [0.25, 0.3) is 0 Å². The lowest BCUT2D eigenvalue weighted by molar-refractivity contribution is -0.438. The van der Waals surface area contributed by atoms with Crippen LogP contribution in [0.4, 0.5) is 11.4 Å². The number of fused-ring (bicyclic) bond motifs is 2. The summed E-state index contributed by atoms with van der Waals surface area (Å²) in [5.41, 5.74) is 11.5. The molecule has 0 radical (unpaired) electrons. The Morgan fingerprint density at radius 2 is 1.18 bits per heavy atom. The van der Waals surface area contributed by atoms with Crippen molar-refractivity contribution in [3.05, 3.63) is 138 Å². The molecule has 4 heterocycles. The van der Waals surface area contributed by atoms with Crippen LogP contribution in [0, 0.1) is 29.6 Å². The Labute approximate surface area is 728 Å². The van der Waals surface area contributed by atoms with Crippen molar-refractivity contribution in [3.8, 4) is 0 Å². The number of anilines is 1. The van der Waals surface area contributed by atoms with Gasteiger partial charge in [-0.1, -0.05) is 68.8 Å². The van der Waals surface area contributed by atoms with Crippen molar-refractivity contribution in [2.45, 2.75) is 224 Å². The normalized spacial score (nSPS) is 15.9. The highest BCUT2D eigenvalue weighted by atomic mass is 32.2. The molecule has 4 aromatic rings. The minimum Gasteiger partial charge on any atom is -0.744 e. The van der Waals surface area contributed by atoms with E-state index in [1.54, 1.807) is 6.07 Å². The monoisotopic (exact) mass is 1780 g/mol. The average Bonchev–Trinajstić information content (AvgIpc) is 1.59. The molecule has 0 bridgehead atoms. The van der Waals surface area contributed by atoms with E-state index in [0.29, 0.717) is 43.7 Å². The summed E-state index contributed by atoms with van der Waals surface area (Å²) in [6, 6.07) is 10.2. The minimum atomic E-state index is -4.63. The van der Waals surface area contributed by atoms with E-state index in [1.165, 1.54) is 63.5 Å². The number of aliphatic hydroxyl groups excluding tert-OH is 2. The number of para-hydroxylation sites is 1. The molecule has 0 spiro atoms. The van der Waals surface area contributed by atoms with Crippen LogP contribution in [0.1, 0.15) is 193 Å². The lowest BCUT2D eigenvalue weighted by atomic mass is 9.81. The maximum atomic E-state index is 14.0. The zero-order valence-electron chi connectivity index (χ0n) is 71.9. The number of ketones is 6. The van der Waals surface area contributed by atoms with Gasteiger partial charge in [-0.2, -0.15) is 4.58 Å². The van der Waals surface area contributed by atoms with Gasteiger partial charge >= 0.3 is 22.5 Å². The van der Waals surface area contributed by atoms with Crippen molar-refractivity contribution in [1.82, 2.24) is 41.2 Å². The molecule has 2 aromatic heterocycles. The van der Waals surface area contributed by atoms with Crippen LogP contribution in [0.2, 0.25) is 0 Å². The second kappa shape index (κ2) is 52.0. The number of carboxylic acid groups (broad SMARTS) is 2. The van der Waals surface area contributed by atoms with Crippen LogP contribution in [0.3, 0.4) is 0 Å². The summed E-state index contributed by atoms with van der Waals surface area (Å²) in [5.74, 6) is -14.7. The zero-order valence-corrected chi connectivity index (χ0v) is 73.6. The number of Topliss-reactive ketones (excluding diaryl/α,β-unsaturated/α-hetero) is 6. The highest BCUT2D eigenvalue weighted by Crippen LogP contribution is 2.48. The molecule has 6 rings (SSSR count). The molecule has 2 aromatic carbocycles. The number of nitrogens with two attached hydrogens (primary N) is 1. The fourth-order valence-corrected chi connectivity index (χ4v) is 15.5. The molecule has 0 aliphatic carbocycles. The number of unbranched alkanes of at least 4 members (excludes halogenated alkanes) is 3. The number of aromatic nitrogens is 4. The van der Waals surface area contributed by atoms with Gasteiger partial charge < -0.3 is 81.1 Å². The standard InChI is InChI=1S/C87H119N11O22S.O3S/c1-9-97-73-33-32-65(121(116,117)118)48-69(73)87(7,8)77(97)27-14-11-10-12-15-28-78-86(5,6)68-24-17-18-25-72(68)98(78)38-21-13-16-29-79(107)91-36-20-19-23-60(83(113)92-37-40-120-52-64(103)47-67(57(4)101)85(115)96-71(46-62-50-90-54-94-62)76(106)44-59(82(88)112)31-35-81(110)111)42-63(102)51-119-39-22-26-74(104)58(30-34-80(108)109)43-75(105)70(45-61-49-89-53-93-61)95-84(114)66(56(3)100)41-55(2)99;1-4(2)3/h10-12,14-15,17-18,24-25,27-28,32-33,48-50,53-54,56-60,66-67,70-71,100-101H,9,13,16,19-23,26,29-31,34-47,51-52H2,1-8H3,(H10-,88,89,90,91,92,93,94,95,96,107,108,109,110,111,112,113,114,115,116,117,118);/t56-,57-,58-,59-,60-,66+,67+,70+,71+;/m0./s1. The van der Waals surface area contributed by atoms with Crippen LogP contribution >= 0.6 is 0 Å². The number of nitrogens with one attached hydrogen (secondary N) is 6. The van der Waals surface area contributed by atoms with E-state index in [4.69, 9.17) is 27.8 Å². The molecule has 38 heteroatoms. The second-order valence-corrected chi connectivity index (χ2v) is 33.9. The zero-order chi connectivity index (χ0) is 92.7. The third-order valence-corrected chi connectivity index (χ3v) is 22.6. The van der Waals surface area contributed by atoms with Gasteiger partial charge in [-0.05, 0) is 116 Å². The van der Waals surface area contributed by atoms with Gasteiger partial charge in [0.15, 0.2) is 28.8 Å². The molecule has 0 fully saturated rings. The summed E-state index contributed by atoms with van der Waals surface area (Å²) >= 11 is 0. The molecule has 2 aliphatic rings. The molecule has 36 nitrogen and oxygen atoms in total. The Morgan fingerprint density at radius 3 is 1.74 bits per heavy atom. The molecule has 5 amide bonds. The number of aromatic amines is 2. The summed E-state index contributed by atoms with van der Waals surface area (Å²) in [6.07, 6.45) is 16.3. The summed E-state index contributed by atoms with van der Waals surface area (Å²) in [5, 5.41) is 50.7. The number of carbonyl (C=O) groups excluding carboxylic acids is 11. The number of hydrogen-bond acceptors (Lipinski definition) is 26. The number of aliphatic hydroxyl groups is 2. The van der Waals surface area contributed by atoms with E-state index in [2.05, 4.69) is 82.7 Å². The van der Waals surface area contributed by atoms with Crippen molar-refractivity contribution in [2.24, 2.45) is 35.3 Å². The van der Waals surface area contributed by atoms with Crippen LogP contribution in [0.15, 0.2) is 121 Å². The number of likely N-dealkylation sites (N-methyl/N-ethyl adjacent to an activating group) is 1. The van der Waals surface area contributed by atoms with Gasteiger partial charge in [0, 0.05) is 179 Å². The maximum Gasteiger partial charge on any atom is 0.425 e. The van der Waals surface area contributed by atoms with Gasteiger partial charge in [0.1, 0.15) is 41.4 Å². The van der Waals surface area contributed by atoms with Gasteiger partial charge in [-0.15, -0.1) is 12.6 Å². The van der Waals surface area contributed by atoms with Crippen LogP contribution < -0.4 is 31.9 Å². The van der Waals surface area contributed by atoms with Crippen LogP contribution in [0.5, 0.6) is 0 Å². The lowest BCUT2D eigenvalue weighted by Gasteiger charge is -2.25. The Morgan fingerprint density at radius 1 is 0.616 bits per heavy atom. The molecule has 0 saturated heterocycles. The van der Waals surface area contributed by atoms with Crippen LogP contribution in [-0.2, 0) is 116 Å². The first-order valence-electron chi connectivity index (χ1n) is 41.6. The summed E-state index contributed by atoms with van der Waals surface area (Å²) in [7, 11) is -7.74. The van der Waals surface area contributed by atoms with Crippen molar-refractivity contribution in [3.63, 3.8) is 0 Å². The summed E-state index contributed by atoms with van der Waals surface area (Å²) < 4.78 is 74.6. The number of allylic oxidation sites excluding steroid dienone is 8. The van der Waals surface area contributed by atoms with E-state index in [9.17, 15) is 95.7 Å². The number of benzene rings is 2. The SMILES string of the molecule is CCN1C(=CC=CC=CC=CC2=[N+](CCCCCC(=O)NCCCC[C@@H](CC(=O)COCCCC(=O)[C@@H](CCC(=O)O)CC(=O)[C@@H](Cc3cnc[nH]3)NC(=O)[C@H](CC(C)=O)[C@H](C)O)C(=O)NCCOCC(=O)C[C@@H](C(=O)N[C@H](Cc3cnc[nH]3)C(=O)C[C@H](CCC(=O)O)C(N)=O)[C@H](C)O)c3ccccc3C2(C)C)C(C)(C)c2cc(S(=O)(=O)[O-])ccc21.O=S(=O)=O. The minimum absolute atomic E-state index is 0.0483. The number of amides is 5. The van der Waals surface area contributed by atoms with Gasteiger partial charge in [0.05, 0.1) is 65.7 Å². The fourth-order valence-electron chi connectivity index (χ4n) is 15.0. The van der Waals surface area contributed by atoms with E-state index in [-0.39, 0.29) is 113 Å². The Balaban J connectivity index is 0.00000678. The van der Waals surface area contributed by atoms with E-state index in [1.807, 2.05) is 69.4 Å². The molecule has 12 N–H and O–H groups in total. The number of rotatable bonds is 59. The number of carboxylic acids is 2. The smallest absolute Gasteiger partial charge is 0.425 e. The summed E-state index contributed by atoms with van der Waals surface area (Å²) in [6.45, 7) is 14.3. The van der Waals surface area contributed by atoms with Gasteiger partial charge in [-0.3, -0.25) is 57.5 Å². The second-order valence-electron chi connectivity index (χ2n) is 32.2. The number of nitrogens with zero attached hydrogens (tertiary/aromatic N) is 4. The number of aliphatic carboxylic acids is 2. The Hall–Kier alpha value is -11.0. The quantitative estimate of drug-likeness (QED) is 0.0113. The van der Waals surface area contributed by atoms with Gasteiger partial charge in [0.2, 0.25) is 35.2 Å². The third-order valence-electron chi connectivity index (χ3n) is 21.8. The van der Waals surface area contributed by atoms with Crippen molar-refractivity contribution in [1.29, 1.82) is 0 Å². The van der Waals surface area contributed by atoms with Crippen molar-refractivity contribution >= 4 is 114 Å². The predicted octanol–water partition coefficient (Wildman–Crippen LogP) is 5.45. The highest BCUT2D eigenvalue weighted by Gasteiger charge is 2.45. The van der Waals surface area contributed by atoms with Crippen molar-refractivity contribution < 1.29 is 122 Å². The number of H-pyrrole nitrogens is 2. The molecule has 2 aliphatic heterocycles. The fraction of sp³-hybridized carbons (Fsp3) is 0.540. The largest absolute Gasteiger partial charge is 0.744 e. The molecular formula is C87H119N11O25S2. The summed E-state index contributed by atoms with van der Waals surface area (Å²) in [4.78, 5) is 185. The maximum absolute atomic E-state index is 14.0. The topological polar surface area (TPSA) is 567 Å². The number of primary amides is 1. The number of hydrogen-bond donors (Lipinski definition) is 11. The first kappa shape index (κ1) is 105. The molecule has 0 saturated carbocycles.